The molecule has 1 amide bonds. The maximum atomic E-state index is 13.8. The van der Waals surface area contributed by atoms with Crippen LogP contribution in [0.15, 0.2) is 53.5 Å². The Labute approximate surface area is 217 Å². The average molecular weight is 523 g/mol. The highest BCUT2D eigenvalue weighted by molar-refractivity contribution is 6.31. The fraction of sp³-hybridized carbons (Fsp3) is 0.222. The number of hydrogen-bond acceptors (Lipinski definition) is 6. The molecule has 190 valence electrons. The summed E-state index contributed by atoms with van der Waals surface area (Å²) in [5.74, 6) is -0.440. The van der Waals surface area contributed by atoms with Crippen molar-refractivity contribution in [3.05, 3.63) is 75.4 Å². The molecule has 0 saturated carbocycles. The van der Waals surface area contributed by atoms with E-state index >= 15 is 0 Å². The number of nitrogens with one attached hydrogen (secondary N) is 1. The summed E-state index contributed by atoms with van der Waals surface area (Å²) in [6.45, 7) is 5.14. The third kappa shape index (κ3) is 5.67. The first-order chi connectivity index (χ1) is 17.5. The Morgan fingerprint density at radius 3 is 2.54 bits per heavy atom. The maximum absolute atomic E-state index is 13.8. The molecular weight excluding hydrogens is 499 g/mol. The summed E-state index contributed by atoms with van der Waals surface area (Å²) < 4.78 is 20.3. The molecular formula is C27H24ClFN4O4. The normalized spacial score (nSPS) is 11.4. The Hall–Kier alpha value is -4.11. The number of carbonyl (C=O) groups excluding carboxylic acids is 2. The molecule has 10 heteroatoms. The number of aromatic nitrogens is 3. The number of benzene rings is 2. The van der Waals surface area contributed by atoms with E-state index in [1.54, 1.807) is 24.3 Å². The van der Waals surface area contributed by atoms with E-state index in [1.807, 2.05) is 20.8 Å². The van der Waals surface area contributed by atoms with E-state index in [1.165, 1.54) is 30.0 Å². The first-order valence-corrected chi connectivity index (χ1v) is 11.7. The van der Waals surface area contributed by atoms with Crippen molar-refractivity contribution in [2.24, 2.45) is 0 Å². The second kappa shape index (κ2) is 10.1. The molecule has 8 nitrogen and oxygen atoms in total. The van der Waals surface area contributed by atoms with Crippen LogP contribution in [0.1, 0.15) is 31.1 Å². The molecule has 4 aromatic rings. The first-order valence-electron chi connectivity index (χ1n) is 11.3. The van der Waals surface area contributed by atoms with E-state index in [9.17, 15) is 18.8 Å². The summed E-state index contributed by atoms with van der Waals surface area (Å²) in [7, 11) is 1.49. The molecule has 4 rings (SSSR count). The summed E-state index contributed by atoms with van der Waals surface area (Å²) in [5.41, 5.74) is 1.00. The van der Waals surface area contributed by atoms with Gasteiger partial charge in [0.25, 0.3) is 5.56 Å². The van der Waals surface area contributed by atoms with Gasteiger partial charge in [-0.3, -0.25) is 19.0 Å². The molecule has 37 heavy (non-hydrogen) atoms. The molecule has 0 bridgehead atoms. The fourth-order valence-electron chi connectivity index (χ4n) is 3.84. The van der Waals surface area contributed by atoms with Crippen molar-refractivity contribution in [2.75, 3.05) is 7.11 Å². The lowest BCUT2D eigenvalue weighted by molar-refractivity contribution is -0.123. The van der Waals surface area contributed by atoms with Crippen LogP contribution in [-0.4, -0.2) is 39.4 Å². The molecule has 0 spiro atoms. The van der Waals surface area contributed by atoms with E-state index in [2.05, 4.69) is 15.3 Å². The predicted octanol–water partition coefficient (Wildman–Crippen LogP) is 4.65. The van der Waals surface area contributed by atoms with Gasteiger partial charge >= 0.3 is 0 Å². The van der Waals surface area contributed by atoms with E-state index in [4.69, 9.17) is 16.3 Å². The smallest absolute Gasteiger partial charge is 0.263 e. The summed E-state index contributed by atoms with van der Waals surface area (Å²) in [4.78, 5) is 46.8. The lowest BCUT2D eigenvalue weighted by atomic mass is 10.0. The number of aldehydes is 1. The number of rotatable bonds is 6. The number of hydrogen-bond donors (Lipinski definition) is 1. The standard InChI is InChI=1S/C27H24ClFN4O4/c1-27(2,3)32-23(35)13-33-25(16-5-6-22(29)21(28)11-16)31-24-20(26(33)36)10-18(12-30-24)17-7-15(14-34)8-19(9-17)37-4/h5-12,14H,13H2,1-4H3,(H,32,35). The summed E-state index contributed by atoms with van der Waals surface area (Å²) in [6.07, 6.45) is 2.22. The largest absolute Gasteiger partial charge is 0.497 e. The van der Waals surface area contributed by atoms with Gasteiger partial charge in [-0.1, -0.05) is 11.6 Å². The van der Waals surface area contributed by atoms with Gasteiger partial charge in [-0.05, 0) is 68.8 Å². The molecule has 2 aromatic heterocycles. The van der Waals surface area contributed by atoms with Gasteiger partial charge in [0.05, 0.1) is 17.5 Å². The third-order valence-electron chi connectivity index (χ3n) is 5.44. The van der Waals surface area contributed by atoms with Crippen LogP contribution in [-0.2, 0) is 11.3 Å². The van der Waals surface area contributed by atoms with Crippen LogP contribution in [0.4, 0.5) is 4.39 Å². The second-order valence-corrected chi connectivity index (χ2v) is 9.87. The number of nitrogens with zero attached hydrogens (tertiary/aromatic N) is 3. The van der Waals surface area contributed by atoms with Gasteiger partial charge < -0.3 is 10.1 Å². The number of pyridine rings is 1. The van der Waals surface area contributed by atoms with Crippen molar-refractivity contribution < 1.29 is 18.7 Å². The quantitative estimate of drug-likeness (QED) is 0.370. The molecule has 0 aliphatic heterocycles. The molecule has 0 saturated heterocycles. The van der Waals surface area contributed by atoms with Crippen molar-refractivity contribution in [3.8, 4) is 28.3 Å². The Morgan fingerprint density at radius 1 is 1.14 bits per heavy atom. The van der Waals surface area contributed by atoms with Gasteiger partial charge in [-0.2, -0.15) is 0 Å². The van der Waals surface area contributed by atoms with Crippen molar-refractivity contribution in [1.82, 2.24) is 19.9 Å². The maximum Gasteiger partial charge on any atom is 0.263 e. The minimum absolute atomic E-state index is 0.119. The molecule has 1 N–H and O–H groups in total. The van der Waals surface area contributed by atoms with Crippen molar-refractivity contribution in [1.29, 1.82) is 0 Å². The molecule has 0 aliphatic rings. The Kier molecular flexibility index (Phi) is 7.09. The summed E-state index contributed by atoms with van der Waals surface area (Å²) in [6, 6.07) is 10.5. The minimum Gasteiger partial charge on any atom is -0.497 e. The van der Waals surface area contributed by atoms with Crippen LogP contribution in [0, 0.1) is 5.82 Å². The van der Waals surface area contributed by atoms with Crippen LogP contribution >= 0.6 is 11.6 Å². The van der Waals surface area contributed by atoms with E-state index in [-0.39, 0.29) is 28.4 Å². The van der Waals surface area contributed by atoms with Crippen LogP contribution in [0.5, 0.6) is 5.75 Å². The van der Waals surface area contributed by atoms with Gasteiger partial charge in [0.1, 0.15) is 30.2 Å². The molecule has 0 fully saturated rings. The van der Waals surface area contributed by atoms with Crippen LogP contribution in [0.3, 0.4) is 0 Å². The number of carbonyl (C=O) groups is 2. The molecule has 0 aliphatic carbocycles. The van der Waals surface area contributed by atoms with Crippen LogP contribution in [0.2, 0.25) is 5.02 Å². The van der Waals surface area contributed by atoms with Gasteiger partial charge in [0.15, 0.2) is 5.65 Å². The Morgan fingerprint density at radius 2 is 1.89 bits per heavy atom. The lowest BCUT2D eigenvalue weighted by Crippen LogP contribution is -2.43. The van der Waals surface area contributed by atoms with Crippen molar-refractivity contribution in [3.63, 3.8) is 0 Å². The highest BCUT2D eigenvalue weighted by atomic mass is 35.5. The van der Waals surface area contributed by atoms with Crippen LogP contribution < -0.4 is 15.6 Å². The predicted molar refractivity (Wildman–Crippen MR) is 139 cm³/mol. The SMILES string of the molecule is COc1cc(C=O)cc(-c2cnc3nc(-c4ccc(F)c(Cl)c4)n(CC(=O)NC(C)(C)C)c(=O)c3c2)c1. The average Bonchev–Trinajstić information content (AvgIpc) is 2.85. The zero-order valence-corrected chi connectivity index (χ0v) is 21.4. The zero-order chi connectivity index (χ0) is 26.9. The number of halogens is 2. The van der Waals surface area contributed by atoms with E-state index < -0.39 is 22.8 Å². The lowest BCUT2D eigenvalue weighted by Gasteiger charge is -2.21. The second-order valence-electron chi connectivity index (χ2n) is 9.46. The topological polar surface area (TPSA) is 103 Å². The minimum atomic E-state index is -0.624. The number of amides is 1. The molecule has 2 aromatic carbocycles. The first kappa shape index (κ1) is 26.0. The Balaban J connectivity index is 1.93. The molecule has 0 radical (unpaired) electrons. The van der Waals surface area contributed by atoms with Gasteiger partial charge in [-0.25, -0.2) is 14.4 Å². The molecule has 2 heterocycles. The van der Waals surface area contributed by atoms with Gasteiger partial charge in [0.2, 0.25) is 5.91 Å². The molecule has 0 unspecified atom stereocenters. The Bertz CT molecular complexity index is 1590. The van der Waals surface area contributed by atoms with Gasteiger partial charge in [-0.15, -0.1) is 0 Å². The number of fused-ring (bicyclic) bond motifs is 1. The summed E-state index contributed by atoms with van der Waals surface area (Å²) in [5, 5.41) is 2.84. The highest BCUT2D eigenvalue weighted by Crippen LogP contribution is 2.28. The van der Waals surface area contributed by atoms with Crippen LogP contribution in [0.25, 0.3) is 33.5 Å². The number of ether oxygens (including phenoxy) is 1. The van der Waals surface area contributed by atoms with Crippen molar-refractivity contribution in [2.45, 2.75) is 32.9 Å². The number of methoxy groups -OCH3 is 1. The highest BCUT2D eigenvalue weighted by Gasteiger charge is 2.20. The molecule has 0 atom stereocenters. The van der Waals surface area contributed by atoms with Gasteiger partial charge in [0, 0.05) is 28.4 Å². The fourth-order valence-corrected chi connectivity index (χ4v) is 4.02. The monoisotopic (exact) mass is 522 g/mol. The van der Waals surface area contributed by atoms with E-state index in [0.717, 1.165) is 6.07 Å². The summed E-state index contributed by atoms with van der Waals surface area (Å²) >= 11 is 5.98. The van der Waals surface area contributed by atoms with Crippen molar-refractivity contribution >= 4 is 34.8 Å². The third-order valence-corrected chi connectivity index (χ3v) is 5.73. The van der Waals surface area contributed by atoms with E-state index in [0.29, 0.717) is 34.3 Å². The zero-order valence-electron chi connectivity index (χ0n) is 20.6.